The normalized spacial score (nSPS) is 16.4. The van der Waals surface area contributed by atoms with Gasteiger partial charge in [0.1, 0.15) is 29.6 Å². The van der Waals surface area contributed by atoms with Crippen LogP contribution in [0.4, 0.5) is 0 Å². The number of ether oxygens (including phenoxy) is 4. The first kappa shape index (κ1) is 90.1. The van der Waals surface area contributed by atoms with Crippen LogP contribution in [-0.4, -0.2) is 187 Å². The highest BCUT2D eigenvalue weighted by molar-refractivity contribution is 6.31. The maximum Gasteiger partial charge on any atom is 0.253 e. The zero-order valence-electron chi connectivity index (χ0n) is 71.7. The summed E-state index contributed by atoms with van der Waals surface area (Å²) in [6.45, 7) is 20.2. The minimum atomic E-state index is -0.120. The number of amides is 3. The Bertz CT molecular complexity index is 5520. The number of hydrogen-bond acceptors (Lipinski definition) is 13. The van der Waals surface area contributed by atoms with Gasteiger partial charge in [-0.3, -0.25) is 29.0 Å². The number of methoxy groups -OCH3 is 3. The summed E-state index contributed by atoms with van der Waals surface area (Å²) in [7, 11) is 5.04. The number of piperidine rings is 1. The highest BCUT2D eigenvalue weighted by atomic mass is 35.5. The first-order valence-corrected chi connectivity index (χ1v) is 45.2. The summed E-state index contributed by atoms with van der Waals surface area (Å²) in [5, 5.41) is 14.6. The molecule has 12 aromatic rings. The first-order valence-electron chi connectivity index (χ1n) is 43.7. The zero-order chi connectivity index (χ0) is 86.3. The van der Waals surface area contributed by atoms with Gasteiger partial charge in [-0.15, -0.1) is 0 Å². The van der Waals surface area contributed by atoms with Crippen LogP contribution in [0.3, 0.4) is 0 Å². The van der Waals surface area contributed by atoms with Gasteiger partial charge in [0, 0.05) is 177 Å². The third kappa shape index (κ3) is 24.3. The number of aromatic nitrogens is 3. The lowest BCUT2D eigenvalue weighted by molar-refractivity contribution is 0.0806. The number of hydrogen-bond donors (Lipinski definition) is 3. The van der Waals surface area contributed by atoms with Crippen molar-refractivity contribution < 1.29 is 38.1 Å². The zero-order valence-corrected chi connectivity index (χ0v) is 74.7. The summed E-state index contributed by atoms with van der Waals surface area (Å²) < 4.78 is 29.5. The number of Topliss-reactive ketones (excluding diaryl/α,β-unsaturated/α-hetero) is 1. The van der Waals surface area contributed by atoms with E-state index in [0.29, 0.717) is 87.4 Å². The Labute approximate surface area is 749 Å². The highest BCUT2D eigenvalue weighted by Crippen LogP contribution is 2.41. The topological polar surface area (TPSA) is 172 Å². The molecule has 9 aromatic carbocycles. The van der Waals surface area contributed by atoms with E-state index < -0.39 is 0 Å². The molecule has 19 nitrogen and oxygen atoms in total. The number of halogens is 4. The molecule has 0 saturated carbocycles. The molecule has 2 bridgehead atoms. The third-order valence-electron chi connectivity index (χ3n) is 24.6. The van der Waals surface area contributed by atoms with Gasteiger partial charge in [-0.1, -0.05) is 167 Å². The molecular formula is C101H115Cl4N11O8. The van der Waals surface area contributed by atoms with Crippen molar-refractivity contribution in [2.75, 3.05) is 113 Å². The van der Waals surface area contributed by atoms with Crippen LogP contribution in [0.5, 0.6) is 23.0 Å². The van der Waals surface area contributed by atoms with E-state index >= 15 is 0 Å². The third-order valence-corrected chi connectivity index (χ3v) is 25.6. The number of carbonyl (C=O) groups is 4. The molecule has 0 spiro atoms. The molecule has 4 saturated heterocycles. The van der Waals surface area contributed by atoms with E-state index in [1.807, 2.05) is 170 Å². The van der Waals surface area contributed by atoms with Crippen LogP contribution in [0, 0.1) is 12.8 Å². The molecule has 3 N–H and O–H groups in total. The maximum absolute atomic E-state index is 13.3. The van der Waals surface area contributed by atoms with Crippen molar-refractivity contribution in [2.24, 2.45) is 5.92 Å². The molecule has 0 aliphatic carbocycles. The van der Waals surface area contributed by atoms with Crippen molar-refractivity contribution in [3.05, 3.63) is 295 Å². The van der Waals surface area contributed by atoms with Gasteiger partial charge in [0.05, 0.1) is 54.6 Å². The number of piperazine rings is 1. The predicted octanol–water partition coefficient (Wildman–Crippen LogP) is 19.3. The largest absolute Gasteiger partial charge is 0.495 e. The molecule has 4 aliphatic heterocycles. The summed E-state index contributed by atoms with van der Waals surface area (Å²) in [6, 6.07) is 67.6. The summed E-state index contributed by atoms with van der Waals surface area (Å²) >= 11 is 24.2. The first-order chi connectivity index (χ1) is 60.5. The van der Waals surface area contributed by atoms with E-state index in [2.05, 4.69) is 104 Å². The Balaban J connectivity index is 0.000000151. The number of fused-ring (bicyclic) bond motifs is 5. The van der Waals surface area contributed by atoms with Crippen LogP contribution in [0.1, 0.15) is 127 Å². The Hall–Kier alpha value is -10.2. The lowest BCUT2D eigenvalue weighted by Crippen LogP contribution is -2.47. The number of ketones is 1. The van der Waals surface area contributed by atoms with E-state index in [1.54, 1.807) is 33.5 Å². The second-order valence-corrected chi connectivity index (χ2v) is 34.7. The van der Waals surface area contributed by atoms with Crippen molar-refractivity contribution in [3.63, 3.8) is 0 Å². The Morgan fingerprint density at radius 3 is 1.25 bits per heavy atom. The van der Waals surface area contributed by atoms with Crippen molar-refractivity contribution in [3.8, 4) is 23.0 Å². The molecule has 4 aliphatic rings. The minimum Gasteiger partial charge on any atom is -0.495 e. The molecule has 7 heterocycles. The molecule has 3 amide bonds. The van der Waals surface area contributed by atoms with Gasteiger partial charge in [0.25, 0.3) is 17.7 Å². The number of nitrogens with zero attached hydrogens (tertiary/aromatic N) is 8. The number of aryl methyl sites for hydroxylation is 4. The molecule has 650 valence electrons. The number of nitrogens with one attached hydrogen (secondary N) is 3. The molecule has 16 rings (SSSR count). The number of para-hydroxylation sites is 3. The fourth-order valence-corrected chi connectivity index (χ4v) is 18.9. The molecule has 23 heteroatoms. The van der Waals surface area contributed by atoms with E-state index in [4.69, 9.17) is 65.4 Å². The van der Waals surface area contributed by atoms with Crippen molar-refractivity contribution >= 4 is 103 Å². The van der Waals surface area contributed by atoms with E-state index in [-0.39, 0.29) is 23.5 Å². The maximum atomic E-state index is 13.3. The van der Waals surface area contributed by atoms with Crippen LogP contribution < -0.4 is 34.9 Å². The van der Waals surface area contributed by atoms with Gasteiger partial charge in [-0.2, -0.15) is 0 Å². The number of benzene rings is 9. The Morgan fingerprint density at radius 1 is 0.395 bits per heavy atom. The summed E-state index contributed by atoms with van der Waals surface area (Å²) in [5.74, 6) is 3.55. The average molecular weight is 1750 g/mol. The predicted molar refractivity (Wildman–Crippen MR) is 501 cm³/mol. The fourth-order valence-electron chi connectivity index (χ4n) is 18.2. The summed E-state index contributed by atoms with van der Waals surface area (Å²) in [4.78, 5) is 65.6. The van der Waals surface area contributed by atoms with Crippen LogP contribution >= 0.6 is 46.4 Å². The minimum absolute atomic E-state index is 0.0541. The smallest absolute Gasteiger partial charge is 0.253 e. The van der Waals surface area contributed by atoms with Gasteiger partial charge in [-0.05, 0) is 210 Å². The van der Waals surface area contributed by atoms with Crippen molar-refractivity contribution in [2.45, 2.75) is 122 Å². The molecule has 124 heavy (non-hydrogen) atoms. The van der Waals surface area contributed by atoms with E-state index in [9.17, 15) is 19.2 Å². The highest BCUT2D eigenvalue weighted by Gasteiger charge is 2.41. The van der Waals surface area contributed by atoms with Gasteiger partial charge < -0.3 is 63.3 Å². The monoisotopic (exact) mass is 1750 g/mol. The molecule has 0 radical (unpaired) electrons. The molecule has 4 fully saturated rings. The fraction of sp³-hybridized carbons (Fsp3) is 0.366. The Morgan fingerprint density at radius 2 is 0.798 bits per heavy atom. The molecule has 2 unspecified atom stereocenters. The molecule has 3 aromatic heterocycles. The lowest BCUT2D eigenvalue weighted by atomic mass is 9.85. The van der Waals surface area contributed by atoms with Crippen LogP contribution in [-0.2, 0) is 45.7 Å². The quantitative estimate of drug-likeness (QED) is 0.0326. The lowest BCUT2D eigenvalue weighted by Gasteiger charge is -2.39. The van der Waals surface area contributed by atoms with Crippen molar-refractivity contribution in [1.29, 1.82) is 0 Å². The Kier molecular flexibility index (Phi) is 32.4. The number of carbonyl (C=O) groups excluding carboxylic acids is 4. The molecule has 2 atom stereocenters. The van der Waals surface area contributed by atoms with Gasteiger partial charge in [0.2, 0.25) is 0 Å². The van der Waals surface area contributed by atoms with Gasteiger partial charge >= 0.3 is 0 Å². The van der Waals surface area contributed by atoms with E-state index in [1.165, 1.54) is 36.9 Å². The summed E-state index contributed by atoms with van der Waals surface area (Å²) in [6.07, 6.45) is 16.4. The van der Waals surface area contributed by atoms with Crippen molar-refractivity contribution in [1.82, 2.24) is 54.2 Å². The van der Waals surface area contributed by atoms with Gasteiger partial charge in [0.15, 0.2) is 5.78 Å². The summed E-state index contributed by atoms with van der Waals surface area (Å²) in [5.41, 5.74) is 11.3. The average Bonchev–Trinajstić information content (AvgIpc) is 1.63. The van der Waals surface area contributed by atoms with Crippen LogP contribution in [0.25, 0.3) is 32.7 Å². The second kappa shape index (κ2) is 44.6. The van der Waals surface area contributed by atoms with Gasteiger partial charge in [-0.25, -0.2) is 0 Å². The molecular weight excluding hydrogens is 1640 g/mol. The van der Waals surface area contributed by atoms with Crippen LogP contribution in [0.15, 0.2) is 225 Å². The SMILES string of the molecule is COc1cccc2c(C(=O)NCc3cccc(C)c3)cn(CCCN3CCCN(CCc4ccccc4)CC3)c12.COc1cccc2c(C(=O)NCc3cccc(Cl)c3)cn(CCCN3C4CCC3CC(CC(=O)c3ccc(Cl)cc3)C4)c12.COc1cccc2c(C(=O)NCc3cccc(Cl)c3)cn(CCCN3CCN(CCOc4ccc(Cl)cc4)CC3)c12. The standard InChI is InChI=1S/C35H37Cl2N3O3.C34H42N4O2.C32H36Cl2N4O3/c1-43-33-8-3-7-30-31(35(42)38-21-23-5-2-6-27(37)17-23)22-39(34(30)33)15-4-16-40-28-13-14-29(40)19-24(18-28)20-32(41)25-9-11-26(36)12-10-25;1-27-10-6-13-29(24-27)25-35-34(39)31-26-38(33-30(31)14-7-15-32(33)40-2)20-9-19-36-17-8-18-37(23-22-36)21-16-28-11-4-3-5-12-28;1-40-30-8-3-7-28-29(32(39)35-22-24-5-2-6-26(34)21-24)23-38(31(28)30)14-4-13-36-15-17-37(18-16-36)19-20-41-27-11-9-25(33)10-12-27/h2-3,5-12,17,22,24,28-29H,4,13-16,18-21H2,1H3,(H,38,42);3-7,10-15,24,26H,8-9,16-23,25H2,1-2H3,(H,35,39);2-3,5-12,21,23H,4,13-20,22H2,1H3,(H,35,39). The second-order valence-electron chi connectivity index (χ2n) is 33.0. The van der Waals surface area contributed by atoms with Crippen LogP contribution in [0.2, 0.25) is 20.1 Å². The van der Waals surface area contributed by atoms with E-state index in [0.717, 1.165) is 215 Å². The number of rotatable bonds is 34.